The molecule has 1 amide bonds. The lowest BCUT2D eigenvalue weighted by atomic mass is 10.1. The van der Waals surface area contributed by atoms with Gasteiger partial charge in [-0.15, -0.1) is 24.8 Å². The Hall–Kier alpha value is -0.970. The maximum absolute atomic E-state index is 11.8. The van der Waals surface area contributed by atoms with Gasteiger partial charge in [0.25, 0.3) is 0 Å². The fraction of sp³-hybridized carbons (Fsp3) is 0.500. The molecule has 1 aliphatic rings. The molecule has 0 spiro atoms. The first kappa shape index (κ1) is 19.0. The number of halogens is 2. The fourth-order valence-electron chi connectivity index (χ4n) is 2.38. The third-order valence-corrected chi connectivity index (χ3v) is 3.42. The number of piperazine rings is 1. The Balaban J connectivity index is 0.00000180. The van der Waals surface area contributed by atoms with Crippen LogP contribution in [0.4, 0.5) is 5.69 Å². The number of hydrogen-bond donors (Lipinski definition) is 1. The second kappa shape index (κ2) is 9.06. The van der Waals surface area contributed by atoms with E-state index in [4.69, 9.17) is 0 Å². The smallest absolute Gasteiger partial charge is 0.236 e. The molecular formula is C14H23Cl2N3O. The van der Waals surface area contributed by atoms with Crippen molar-refractivity contribution in [3.8, 4) is 0 Å². The lowest BCUT2D eigenvalue weighted by Crippen LogP contribution is -2.50. The molecule has 1 saturated heterocycles. The van der Waals surface area contributed by atoms with Gasteiger partial charge in [-0.25, -0.2) is 0 Å². The SMILES string of the molecule is CNCC(=O)N1CCN(c2ccccc2C)CC1.Cl.Cl. The molecule has 1 aromatic carbocycles. The van der Waals surface area contributed by atoms with Crippen molar-refractivity contribution < 1.29 is 4.79 Å². The van der Waals surface area contributed by atoms with Gasteiger partial charge in [-0.05, 0) is 25.6 Å². The van der Waals surface area contributed by atoms with E-state index in [2.05, 4.69) is 41.4 Å². The zero-order chi connectivity index (χ0) is 13.0. The zero-order valence-corrected chi connectivity index (χ0v) is 13.6. The first-order valence-corrected chi connectivity index (χ1v) is 6.45. The molecule has 0 bridgehead atoms. The molecule has 0 atom stereocenters. The highest BCUT2D eigenvalue weighted by Crippen LogP contribution is 2.20. The van der Waals surface area contributed by atoms with Crippen LogP contribution >= 0.6 is 24.8 Å². The van der Waals surface area contributed by atoms with E-state index < -0.39 is 0 Å². The highest BCUT2D eigenvalue weighted by molar-refractivity contribution is 5.85. The van der Waals surface area contributed by atoms with Crippen molar-refractivity contribution in [2.45, 2.75) is 6.92 Å². The number of carbonyl (C=O) groups excluding carboxylic acids is 1. The largest absolute Gasteiger partial charge is 0.368 e. The fourth-order valence-corrected chi connectivity index (χ4v) is 2.38. The highest BCUT2D eigenvalue weighted by atomic mass is 35.5. The molecule has 1 aliphatic heterocycles. The van der Waals surface area contributed by atoms with Crippen molar-refractivity contribution in [2.24, 2.45) is 0 Å². The minimum atomic E-state index is 0. The Bertz CT molecular complexity index is 421. The van der Waals surface area contributed by atoms with Gasteiger partial charge in [-0.1, -0.05) is 18.2 Å². The predicted molar refractivity (Wildman–Crippen MR) is 88.4 cm³/mol. The molecule has 0 unspecified atom stereocenters. The third kappa shape index (κ3) is 4.54. The molecule has 0 saturated carbocycles. The number of carbonyl (C=O) groups is 1. The second-order valence-electron chi connectivity index (χ2n) is 4.68. The van der Waals surface area contributed by atoms with Gasteiger partial charge in [0.1, 0.15) is 0 Å². The minimum absolute atomic E-state index is 0. The maximum atomic E-state index is 11.8. The molecule has 0 radical (unpaired) electrons. The molecule has 1 aromatic rings. The number of benzene rings is 1. The zero-order valence-electron chi connectivity index (χ0n) is 12.0. The molecule has 0 aliphatic carbocycles. The first-order valence-electron chi connectivity index (χ1n) is 6.45. The number of rotatable bonds is 3. The van der Waals surface area contributed by atoms with Gasteiger partial charge in [0.15, 0.2) is 0 Å². The van der Waals surface area contributed by atoms with Gasteiger partial charge in [0, 0.05) is 31.9 Å². The van der Waals surface area contributed by atoms with E-state index in [9.17, 15) is 4.79 Å². The Kier molecular flexibility index (Phi) is 8.62. The van der Waals surface area contributed by atoms with Gasteiger partial charge in [-0.3, -0.25) is 4.79 Å². The molecule has 0 aromatic heterocycles. The lowest BCUT2D eigenvalue weighted by Gasteiger charge is -2.36. The van der Waals surface area contributed by atoms with Crippen molar-refractivity contribution in [3.05, 3.63) is 29.8 Å². The number of para-hydroxylation sites is 1. The van der Waals surface area contributed by atoms with Crippen LogP contribution in [0.3, 0.4) is 0 Å². The van der Waals surface area contributed by atoms with Crippen LogP contribution in [-0.2, 0) is 4.79 Å². The molecule has 1 heterocycles. The monoisotopic (exact) mass is 319 g/mol. The normalized spacial score (nSPS) is 14.3. The quantitative estimate of drug-likeness (QED) is 0.921. The maximum Gasteiger partial charge on any atom is 0.236 e. The van der Waals surface area contributed by atoms with E-state index in [0.717, 1.165) is 26.2 Å². The second-order valence-corrected chi connectivity index (χ2v) is 4.68. The Labute approximate surface area is 133 Å². The van der Waals surface area contributed by atoms with Crippen LogP contribution in [0.1, 0.15) is 5.56 Å². The molecular weight excluding hydrogens is 297 g/mol. The van der Waals surface area contributed by atoms with Gasteiger partial charge in [0.05, 0.1) is 6.54 Å². The number of anilines is 1. The number of hydrogen-bond acceptors (Lipinski definition) is 3. The van der Waals surface area contributed by atoms with Crippen LogP contribution < -0.4 is 10.2 Å². The van der Waals surface area contributed by atoms with Gasteiger partial charge < -0.3 is 15.1 Å². The van der Waals surface area contributed by atoms with E-state index in [-0.39, 0.29) is 30.7 Å². The Morgan fingerprint density at radius 1 is 1.15 bits per heavy atom. The molecule has 114 valence electrons. The average Bonchev–Trinajstić information content (AvgIpc) is 2.40. The van der Waals surface area contributed by atoms with E-state index in [1.807, 2.05) is 11.9 Å². The number of amides is 1. The summed E-state index contributed by atoms with van der Waals surface area (Å²) in [6.45, 7) is 6.03. The topological polar surface area (TPSA) is 35.6 Å². The van der Waals surface area contributed by atoms with Crippen molar-refractivity contribution in [2.75, 3.05) is 44.7 Å². The summed E-state index contributed by atoms with van der Waals surface area (Å²) in [7, 11) is 1.81. The summed E-state index contributed by atoms with van der Waals surface area (Å²) in [5.74, 6) is 0.196. The predicted octanol–water partition coefficient (Wildman–Crippen LogP) is 1.71. The van der Waals surface area contributed by atoms with Crippen LogP contribution in [0.2, 0.25) is 0 Å². The van der Waals surface area contributed by atoms with Gasteiger partial charge in [0.2, 0.25) is 5.91 Å². The highest BCUT2D eigenvalue weighted by Gasteiger charge is 2.21. The van der Waals surface area contributed by atoms with Crippen LogP contribution in [-0.4, -0.2) is 50.6 Å². The Morgan fingerprint density at radius 3 is 2.30 bits per heavy atom. The van der Waals surface area contributed by atoms with E-state index in [0.29, 0.717) is 6.54 Å². The molecule has 2 rings (SSSR count). The number of likely N-dealkylation sites (N-methyl/N-ethyl adjacent to an activating group) is 1. The van der Waals surface area contributed by atoms with Crippen LogP contribution in [0.25, 0.3) is 0 Å². The summed E-state index contributed by atoms with van der Waals surface area (Å²) in [5.41, 5.74) is 2.59. The minimum Gasteiger partial charge on any atom is -0.368 e. The Morgan fingerprint density at radius 2 is 1.75 bits per heavy atom. The summed E-state index contributed by atoms with van der Waals surface area (Å²) in [6.07, 6.45) is 0. The van der Waals surface area contributed by atoms with E-state index >= 15 is 0 Å². The number of nitrogens with one attached hydrogen (secondary N) is 1. The van der Waals surface area contributed by atoms with E-state index in [1.54, 1.807) is 0 Å². The van der Waals surface area contributed by atoms with E-state index in [1.165, 1.54) is 11.3 Å². The molecule has 20 heavy (non-hydrogen) atoms. The first-order chi connectivity index (χ1) is 8.72. The van der Waals surface area contributed by atoms with Crippen LogP contribution in [0.5, 0.6) is 0 Å². The van der Waals surface area contributed by atoms with Crippen molar-refractivity contribution in [3.63, 3.8) is 0 Å². The van der Waals surface area contributed by atoms with Crippen LogP contribution in [0.15, 0.2) is 24.3 Å². The van der Waals surface area contributed by atoms with Crippen molar-refractivity contribution >= 4 is 36.4 Å². The lowest BCUT2D eigenvalue weighted by molar-refractivity contribution is -0.130. The van der Waals surface area contributed by atoms with Gasteiger partial charge in [-0.2, -0.15) is 0 Å². The third-order valence-electron chi connectivity index (χ3n) is 3.42. The van der Waals surface area contributed by atoms with Crippen LogP contribution in [0, 0.1) is 6.92 Å². The van der Waals surface area contributed by atoms with Crippen molar-refractivity contribution in [1.29, 1.82) is 0 Å². The van der Waals surface area contributed by atoms with Crippen molar-refractivity contribution in [1.82, 2.24) is 10.2 Å². The molecule has 6 heteroatoms. The standard InChI is InChI=1S/C14H21N3O.2ClH/c1-12-5-3-4-6-13(12)16-7-9-17(10-8-16)14(18)11-15-2;;/h3-6,15H,7-11H2,1-2H3;2*1H. The molecule has 1 fully saturated rings. The summed E-state index contributed by atoms with van der Waals surface area (Å²) < 4.78 is 0. The average molecular weight is 320 g/mol. The summed E-state index contributed by atoms with van der Waals surface area (Å²) >= 11 is 0. The number of aryl methyl sites for hydroxylation is 1. The summed E-state index contributed by atoms with van der Waals surface area (Å²) in [5, 5.41) is 2.91. The molecule has 1 N–H and O–H groups in total. The summed E-state index contributed by atoms with van der Waals surface area (Å²) in [6, 6.07) is 8.42. The van der Waals surface area contributed by atoms with Gasteiger partial charge >= 0.3 is 0 Å². The molecule has 4 nitrogen and oxygen atoms in total. The number of nitrogens with zero attached hydrogens (tertiary/aromatic N) is 2. The summed E-state index contributed by atoms with van der Waals surface area (Å²) in [4.78, 5) is 16.0.